The van der Waals surface area contributed by atoms with Crippen LogP contribution in [0.3, 0.4) is 0 Å². The number of aromatic nitrogens is 1. The van der Waals surface area contributed by atoms with Crippen LogP contribution in [0.15, 0.2) is 199 Å². The molecule has 11 aromatic rings. The number of nitrogens with zero attached hydrogens (tertiary/aromatic N) is 2. The minimum Gasteiger partial charge on any atom is -0.435 e. The number of hydrogen-bond donors (Lipinski definition) is 0. The van der Waals surface area contributed by atoms with Crippen molar-refractivity contribution in [2.75, 3.05) is 4.90 Å². The van der Waals surface area contributed by atoms with Crippen molar-refractivity contribution >= 4 is 82.0 Å². The van der Waals surface area contributed by atoms with Gasteiger partial charge in [0.2, 0.25) is 5.89 Å². The van der Waals surface area contributed by atoms with Gasteiger partial charge in [-0.2, -0.15) is 0 Å². The van der Waals surface area contributed by atoms with Gasteiger partial charge in [-0.3, -0.25) is 0 Å². The molecule has 0 bridgehead atoms. The first-order chi connectivity index (χ1) is 26.7. The molecule has 11 rings (SSSR count). The predicted molar refractivity (Wildman–Crippen MR) is 227 cm³/mol. The molecule has 3 heteroatoms. The Labute approximate surface area is 312 Å². The summed E-state index contributed by atoms with van der Waals surface area (Å²) in [5.41, 5.74) is 7.97. The van der Waals surface area contributed by atoms with Crippen LogP contribution in [0.25, 0.3) is 87.5 Å². The monoisotopic (exact) mass is 688 g/mol. The van der Waals surface area contributed by atoms with Crippen LogP contribution in [0.5, 0.6) is 0 Å². The zero-order valence-electron chi connectivity index (χ0n) is 29.3. The van der Waals surface area contributed by atoms with Gasteiger partial charge in [0.1, 0.15) is 5.52 Å². The van der Waals surface area contributed by atoms with Crippen LogP contribution in [-0.4, -0.2) is 4.98 Å². The van der Waals surface area contributed by atoms with Crippen molar-refractivity contribution in [3.8, 4) is 22.6 Å². The average Bonchev–Trinajstić information content (AvgIpc) is 3.68. The zero-order valence-corrected chi connectivity index (χ0v) is 29.3. The summed E-state index contributed by atoms with van der Waals surface area (Å²) in [5, 5.41) is 12.2. The van der Waals surface area contributed by atoms with Crippen LogP contribution in [0, 0.1) is 0 Å². The third-order valence-electron chi connectivity index (χ3n) is 10.8. The molecular weight excluding hydrogens is 657 g/mol. The van der Waals surface area contributed by atoms with E-state index in [1.165, 1.54) is 43.1 Å². The second-order valence-corrected chi connectivity index (χ2v) is 14.0. The maximum absolute atomic E-state index is 6.59. The zero-order chi connectivity index (χ0) is 35.6. The van der Waals surface area contributed by atoms with Crippen molar-refractivity contribution in [1.29, 1.82) is 0 Å². The Kier molecular flexibility index (Phi) is 6.86. The molecular formula is C51H32N2O. The van der Waals surface area contributed by atoms with Crippen LogP contribution >= 0.6 is 0 Å². The van der Waals surface area contributed by atoms with Gasteiger partial charge in [-0.15, -0.1) is 0 Å². The van der Waals surface area contributed by atoms with E-state index in [0.717, 1.165) is 55.6 Å². The molecule has 3 nitrogen and oxygen atoms in total. The number of anilines is 3. The van der Waals surface area contributed by atoms with Gasteiger partial charge in [0, 0.05) is 28.2 Å². The maximum atomic E-state index is 6.59. The SMILES string of the molecule is c1ccc2cc(N(c3ccc(-c4cccc5nc(-c6cccc7ccccc67)oc45)cc3)c3ccc4ccc5c6ccccc6ccc5c4c3)ccc2c1. The lowest BCUT2D eigenvalue weighted by Crippen LogP contribution is -2.10. The number of fused-ring (bicyclic) bond motifs is 8. The average molecular weight is 689 g/mol. The summed E-state index contributed by atoms with van der Waals surface area (Å²) in [6.45, 7) is 0. The Morgan fingerprint density at radius 1 is 0.352 bits per heavy atom. The van der Waals surface area contributed by atoms with Crippen molar-refractivity contribution in [2.45, 2.75) is 0 Å². The third-order valence-corrected chi connectivity index (χ3v) is 10.8. The third kappa shape index (κ3) is 4.94. The molecule has 0 unspecified atom stereocenters. The Morgan fingerprint density at radius 3 is 1.72 bits per heavy atom. The van der Waals surface area contributed by atoms with Crippen LogP contribution < -0.4 is 4.90 Å². The summed E-state index contributed by atoms with van der Waals surface area (Å²) in [5.74, 6) is 0.630. The lowest BCUT2D eigenvalue weighted by atomic mass is 9.96. The molecule has 0 atom stereocenters. The second-order valence-electron chi connectivity index (χ2n) is 14.0. The molecule has 0 saturated heterocycles. The van der Waals surface area contributed by atoms with Crippen molar-refractivity contribution in [3.05, 3.63) is 194 Å². The van der Waals surface area contributed by atoms with E-state index in [0.29, 0.717) is 5.89 Å². The van der Waals surface area contributed by atoms with Gasteiger partial charge >= 0.3 is 0 Å². The highest BCUT2D eigenvalue weighted by atomic mass is 16.3. The van der Waals surface area contributed by atoms with E-state index >= 15 is 0 Å². The van der Waals surface area contributed by atoms with Gasteiger partial charge < -0.3 is 9.32 Å². The largest absolute Gasteiger partial charge is 0.435 e. The van der Waals surface area contributed by atoms with Crippen LogP contribution in [0.2, 0.25) is 0 Å². The number of benzene rings is 10. The highest BCUT2D eigenvalue weighted by molar-refractivity contribution is 6.18. The molecule has 0 saturated carbocycles. The van der Waals surface area contributed by atoms with Gasteiger partial charge in [-0.25, -0.2) is 4.98 Å². The molecule has 0 radical (unpaired) electrons. The second kappa shape index (κ2) is 12.2. The van der Waals surface area contributed by atoms with E-state index in [4.69, 9.17) is 9.40 Å². The first-order valence-corrected chi connectivity index (χ1v) is 18.4. The summed E-state index contributed by atoms with van der Waals surface area (Å²) in [6, 6.07) is 69.4. The Bertz CT molecular complexity index is 3230. The topological polar surface area (TPSA) is 29.3 Å². The molecule has 0 N–H and O–H groups in total. The molecule has 0 aliphatic carbocycles. The van der Waals surface area contributed by atoms with E-state index in [1.807, 2.05) is 6.07 Å². The van der Waals surface area contributed by atoms with Crippen LogP contribution in [0.1, 0.15) is 0 Å². The Hall–Kier alpha value is -7.23. The van der Waals surface area contributed by atoms with Gasteiger partial charge in [-0.05, 0) is 108 Å². The molecule has 10 aromatic carbocycles. The van der Waals surface area contributed by atoms with E-state index in [-0.39, 0.29) is 0 Å². The van der Waals surface area contributed by atoms with Gasteiger partial charge in [-0.1, -0.05) is 146 Å². The highest BCUT2D eigenvalue weighted by Gasteiger charge is 2.18. The molecule has 0 aliphatic heterocycles. The normalized spacial score (nSPS) is 11.7. The van der Waals surface area contributed by atoms with E-state index < -0.39 is 0 Å². The molecule has 0 spiro atoms. The summed E-state index contributed by atoms with van der Waals surface area (Å²) in [4.78, 5) is 7.32. The van der Waals surface area contributed by atoms with Crippen molar-refractivity contribution in [1.82, 2.24) is 4.98 Å². The Morgan fingerprint density at radius 2 is 0.907 bits per heavy atom. The summed E-state index contributed by atoms with van der Waals surface area (Å²) >= 11 is 0. The molecule has 252 valence electrons. The van der Waals surface area contributed by atoms with Gasteiger partial charge in [0.15, 0.2) is 5.58 Å². The molecule has 0 fully saturated rings. The number of oxazole rings is 1. The number of rotatable bonds is 5. The fourth-order valence-corrected chi connectivity index (χ4v) is 8.20. The lowest BCUT2D eigenvalue weighted by Gasteiger charge is -2.26. The van der Waals surface area contributed by atoms with Gasteiger partial charge in [0.25, 0.3) is 0 Å². The Balaban J connectivity index is 1.05. The first kappa shape index (κ1) is 30.4. The van der Waals surface area contributed by atoms with Crippen LogP contribution in [-0.2, 0) is 0 Å². The first-order valence-electron chi connectivity index (χ1n) is 18.4. The van der Waals surface area contributed by atoms with Gasteiger partial charge in [0.05, 0.1) is 0 Å². The smallest absolute Gasteiger partial charge is 0.227 e. The van der Waals surface area contributed by atoms with Crippen molar-refractivity contribution < 1.29 is 4.42 Å². The van der Waals surface area contributed by atoms with E-state index in [2.05, 4.69) is 193 Å². The maximum Gasteiger partial charge on any atom is 0.227 e. The molecule has 54 heavy (non-hydrogen) atoms. The minimum absolute atomic E-state index is 0.630. The fraction of sp³-hybridized carbons (Fsp3) is 0. The molecule has 0 amide bonds. The summed E-state index contributed by atoms with van der Waals surface area (Å²) in [7, 11) is 0. The predicted octanol–water partition coefficient (Wildman–Crippen LogP) is 14.4. The molecule has 1 heterocycles. The standard InChI is InChI=1S/C51H32N2O/c1-2-12-38-31-40(27-19-33(38)9-1)53(41-28-22-37-24-29-45-42-14-5-4-11-35(42)23-30-46(45)48(37)32-41)39-25-20-36(21-26-39)44-16-8-18-49-50(44)54-51(52-49)47-17-7-13-34-10-3-6-15-43(34)47/h1-32H. The van der Waals surface area contributed by atoms with E-state index in [9.17, 15) is 0 Å². The fourth-order valence-electron chi connectivity index (χ4n) is 8.20. The highest BCUT2D eigenvalue weighted by Crippen LogP contribution is 2.41. The van der Waals surface area contributed by atoms with E-state index in [1.54, 1.807) is 0 Å². The summed E-state index contributed by atoms with van der Waals surface area (Å²) < 4.78 is 6.59. The van der Waals surface area contributed by atoms with Crippen LogP contribution in [0.4, 0.5) is 17.1 Å². The minimum atomic E-state index is 0.630. The number of para-hydroxylation sites is 1. The number of hydrogen-bond acceptors (Lipinski definition) is 3. The van der Waals surface area contributed by atoms with Crippen molar-refractivity contribution in [3.63, 3.8) is 0 Å². The molecule has 1 aromatic heterocycles. The lowest BCUT2D eigenvalue weighted by molar-refractivity contribution is 0.621. The summed E-state index contributed by atoms with van der Waals surface area (Å²) in [6.07, 6.45) is 0. The molecule has 0 aliphatic rings. The quantitative estimate of drug-likeness (QED) is 0.169. The van der Waals surface area contributed by atoms with Crippen molar-refractivity contribution in [2.24, 2.45) is 0 Å².